The first-order valence-corrected chi connectivity index (χ1v) is 7.32. The van der Waals surface area contributed by atoms with Crippen LogP contribution in [-0.2, 0) is 16.0 Å². The molecule has 0 saturated heterocycles. The fourth-order valence-electron chi connectivity index (χ4n) is 2.11. The molecule has 0 aliphatic carbocycles. The molecule has 21 heavy (non-hydrogen) atoms. The highest BCUT2D eigenvalue weighted by atomic mass is 16.4. The van der Waals surface area contributed by atoms with Crippen LogP contribution in [0.2, 0.25) is 0 Å². The lowest BCUT2D eigenvalue weighted by atomic mass is 10.0. The lowest BCUT2D eigenvalue weighted by Crippen LogP contribution is -2.34. The molecule has 1 rings (SSSR count). The monoisotopic (exact) mass is 292 g/mol. The van der Waals surface area contributed by atoms with Gasteiger partial charge in [-0.25, -0.2) is 0 Å². The molecule has 1 amide bonds. The Balaban J connectivity index is 2.31. The Morgan fingerprint density at radius 3 is 2.67 bits per heavy atom. The number of amides is 1. The van der Waals surface area contributed by atoms with Gasteiger partial charge in [-0.05, 0) is 38.3 Å². The maximum absolute atomic E-state index is 11.9. The fourth-order valence-corrected chi connectivity index (χ4v) is 2.11. The first kappa shape index (κ1) is 17.1. The molecule has 2 atom stereocenters. The first-order chi connectivity index (χ1) is 9.90. The number of hydrogen-bond donors (Lipinski definition) is 2. The van der Waals surface area contributed by atoms with Gasteiger partial charge in [0.15, 0.2) is 0 Å². The number of hydrogen-bond acceptors (Lipinski definition) is 3. The van der Waals surface area contributed by atoms with Crippen LogP contribution in [0.25, 0.3) is 0 Å². The molecular formula is C16H24N2O3. The number of pyridine rings is 1. The van der Waals surface area contributed by atoms with Gasteiger partial charge < -0.3 is 10.4 Å². The van der Waals surface area contributed by atoms with Crippen molar-refractivity contribution in [3.63, 3.8) is 0 Å². The van der Waals surface area contributed by atoms with E-state index in [2.05, 4.69) is 10.3 Å². The molecular weight excluding hydrogens is 268 g/mol. The molecule has 0 bridgehead atoms. The van der Waals surface area contributed by atoms with Crippen LogP contribution in [0.15, 0.2) is 18.3 Å². The minimum absolute atomic E-state index is 0.0440. The van der Waals surface area contributed by atoms with E-state index in [1.807, 2.05) is 26.0 Å². The molecule has 0 aliphatic heterocycles. The Morgan fingerprint density at radius 1 is 1.33 bits per heavy atom. The van der Waals surface area contributed by atoms with E-state index in [0.717, 1.165) is 24.1 Å². The van der Waals surface area contributed by atoms with Crippen LogP contribution in [0.4, 0.5) is 0 Å². The molecule has 5 nitrogen and oxygen atoms in total. The number of aryl methyl sites for hydroxylation is 1. The molecule has 5 heteroatoms. The maximum atomic E-state index is 11.9. The van der Waals surface area contributed by atoms with Crippen molar-refractivity contribution in [3.05, 3.63) is 29.6 Å². The Morgan fingerprint density at radius 2 is 2.05 bits per heavy atom. The van der Waals surface area contributed by atoms with Gasteiger partial charge in [-0.2, -0.15) is 0 Å². The number of aliphatic carboxylic acids is 1. The summed E-state index contributed by atoms with van der Waals surface area (Å²) in [5.74, 6) is -1.14. The number of carboxylic acid groups (broad SMARTS) is 1. The molecule has 0 saturated carbocycles. The van der Waals surface area contributed by atoms with Crippen LogP contribution in [-0.4, -0.2) is 28.0 Å². The predicted molar refractivity (Wildman–Crippen MR) is 80.9 cm³/mol. The molecule has 0 aromatic carbocycles. The summed E-state index contributed by atoms with van der Waals surface area (Å²) in [4.78, 5) is 26.9. The van der Waals surface area contributed by atoms with Gasteiger partial charge in [0.2, 0.25) is 5.91 Å². The maximum Gasteiger partial charge on any atom is 0.306 e. The molecule has 2 unspecified atom stereocenters. The van der Waals surface area contributed by atoms with E-state index in [0.29, 0.717) is 6.42 Å². The van der Waals surface area contributed by atoms with E-state index in [1.165, 1.54) is 0 Å². The predicted octanol–water partition coefficient (Wildman–Crippen LogP) is 2.33. The van der Waals surface area contributed by atoms with Gasteiger partial charge in [-0.15, -0.1) is 0 Å². The van der Waals surface area contributed by atoms with Gasteiger partial charge in [0.05, 0.1) is 18.0 Å². The van der Waals surface area contributed by atoms with Crippen LogP contribution in [0.5, 0.6) is 0 Å². The largest absolute Gasteiger partial charge is 0.481 e. The molecule has 1 heterocycles. The van der Waals surface area contributed by atoms with Crippen LogP contribution >= 0.6 is 0 Å². The second-order valence-corrected chi connectivity index (χ2v) is 5.58. The van der Waals surface area contributed by atoms with Crippen molar-refractivity contribution < 1.29 is 14.7 Å². The number of carbonyl (C=O) groups excluding carboxylic acids is 1. The first-order valence-electron chi connectivity index (χ1n) is 7.32. The quantitative estimate of drug-likeness (QED) is 0.770. The van der Waals surface area contributed by atoms with Gasteiger partial charge in [0, 0.05) is 12.2 Å². The highest BCUT2D eigenvalue weighted by Gasteiger charge is 2.13. The SMILES string of the molecule is Cc1cccnc1CC(=O)NC(C)CCCC(C)C(=O)O. The zero-order chi connectivity index (χ0) is 15.8. The standard InChI is InChI=1S/C16H24N2O3/c1-11-7-5-9-17-14(11)10-15(19)18-13(3)8-4-6-12(2)16(20)21/h5,7,9,12-13H,4,6,8,10H2,1-3H3,(H,18,19)(H,20,21). The average Bonchev–Trinajstić information content (AvgIpc) is 2.41. The second kappa shape index (κ2) is 8.39. The van der Waals surface area contributed by atoms with Crippen LogP contribution in [0, 0.1) is 12.8 Å². The lowest BCUT2D eigenvalue weighted by molar-refractivity contribution is -0.141. The number of rotatable bonds is 8. The molecule has 2 N–H and O–H groups in total. The number of nitrogens with zero attached hydrogens (tertiary/aromatic N) is 1. The topological polar surface area (TPSA) is 79.3 Å². The van der Waals surface area contributed by atoms with Crippen molar-refractivity contribution >= 4 is 11.9 Å². The van der Waals surface area contributed by atoms with Gasteiger partial charge in [0.1, 0.15) is 0 Å². The van der Waals surface area contributed by atoms with E-state index in [1.54, 1.807) is 13.1 Å². The minimum Gasteiger partial charge on any atom is -0.481 e. The summed E-state index contributed by atoms with van der Waals surface area (Å²) in [7, 11) is 0. The molecule has 0 spiro atoms. The van der Waals surface area contributed by atoms with Crippen molar-refractivity contribution in [1.82, 2.24) is 10.3 Å². The molecule has 116 valence electrons. The van der Waals surface area contributed by atoms with E-state index < -0.39 is 5.97 Å². The second-order valence-electron chi connectivity index (χ2n) is 5.58. The normalized spacial score (nSPS) is 13.5. The van der Waals surface area contributed by atoms with Crippen molar-refractivity contribution in [2.24, 2.45) is 5.92 Å². The van der Waals surface area contributed by atoms with E-state index in [4.69, 9.17) is 5.11 Å². The van der Waals surface area contributed by atoms with Crippen molar-refractivity contribution in [3.8, 4) is 0 Å². The summed E-state index contributed by atoms with van der Waals surface area (Å²) in [6.07, 6.45) is 4.17. The third-order valence-corrected chi connectivity index (χ3v) is 3.55. The Kier molecular flexibility index (Phi) is 6.85. The summed E-state index contributed by atoms with van der Waals surface area (Å²) < 4.78 is 0. The van der Waals surface area contributed by atoms with Gasteiger partial charge in [-0.1, -0.05) is 19.4 Å². The summed E-state index contributed by atoms with van der Waals surface area (Å²) in [6, 6.07) is 3.83. The molecule has 0 aliphatic rings. The highest BCUT2D eigenvalue weighted by molar-refractivity contribution is 5.78. The summed E-state index contributed by atoms with van der Waals surface area (Å²) >= 11 is 0. The zero-order valence-electron chi connectivity index (χ0n) is 12.9. The summed E-state index contributed by atoms with van der Waals surface area (Å²) in [6.45, 7) is 5.58. The van der Waals surface area contributed by atoms with Gasteiger partial charge >= 0.3 is 5.97 Å². The highest BCUT2D eigenvalue weighted by Crippen LogP contribution is 2.10. The molecule has 1 aromatic heterocycles. The van der Waals surface area contributed by atoms with Crippen molar-refractivity contribution in [1.29, 1.82) is 0 Å². The Hall–Kier alpha value is -1.91. The molecule has 1 aromatic rings. The summed E-state index contributed by atoms with van der Waals surface area (Å²) in [5, 5.41) is 11.7. The van der Waals surface area contributed by atoms with Crippen molar-refractivity contribution in [2.45, 2.75) is 52.5 Å². The molecule has 0 fully saturated rings. The van der Waals surface area contributed by atoms with Crippen LogP contribution < -0.4 is 5.32 Å². The number of carboxylic acids is 1. The molecule has 0 radical (unpaired) electrons. The Bertz CT molecular complexity index is 488. The summed E-state index contributed by atoms with van der Waals surface area (Å²) in [5.41, 5.74) is 1.80. The number of aromatic nitrogens is 1. The van der Waals surface area contributed by atoms with Crippen molar-refractivity contribution in [2.75, 3.05) is 0 Å². The number of nitrogens with one attached hydrogen (secondary N) is 1. The lowest BCUT2D eigenvalue weighted by Gasteiger charge is -2.15. The average molecular weight is 292 g/mol. The fraction of sp³-hybridized carbons (Fsp3) is 0.562. The third-order valence-electron chi connectivity index (χ3n) is 3.55. The van der Waals surface area contributed by atoms with Gasteiger partial charge in [0.25, 0.3) is 0 Å². The smallest absolute Gasteiger partial charge is 0.306 e. The van der Waals surface area contributed by atoms with E-state index >= 15 is 0 Å². The van der Waals surface area contributed by atoms with Crippen LogP contribution in [0.3, 0.4) is 0 Å². The van der Waals surface area contributed by atoms with E-state index in [-0.39, 0.29) is 24.3 Å². The van der Waals surface area contributed by atoms with E-state index in [9.17, 15) is 9.59 Å². The van der Waals surface area contributed by atoms with Gasteiger partial charge in [-0.3, -0.25) is 14.6 Å². The zero-order valence-corrected chi connectivity index (χ0v) is 12.9. The van der Waals surface area contributed by atoms with Crippen LogP contribution in [0.1, 0.15) is 44.4 Å². The third kappa shape index (κ3) is 6.38. The number of carbonyl (C=O) groups is 2. The Labute approximate surface area is 125 Å². The minimum atomic E-state index is -0.766.